The van der Waals surface area contributed by atoms with Gasteiger partial charge < -0.3 is 4.90 Å². The highest BCUT2D eigenvalue weighted by molar-refractivity contribution is 7.89. The van der Waals surface area contributed by atoms with Gasteiger partial charge in [-0.1, -0.05) is 42.5 Å². The van der Waals surface area contributed by atoms with Crippen LogP contribution in [0.4, 0.5) is 5.69 Å². The van der Waals surface area contributed by atoms with Gasteiger partial charge in [0.25, 0.3) is 0 Å². The van der Waals surface area contributed by atoms with Crippen LogP contribution in [0.1, 0.15) is 23.6 Å². The molecule has 1 aliphatic heterocycles. The Bertz CT molecular complexity index is 770. The van der Waals surface area contributed by atoms with Crippen LogP contribution < -0.4 is 9.62 Å². The Kier molecular flexibility index (Phi) is 4.68. The number of rotatable bonds is 6. The lowest BCUT2D eigenvalue weighted by molar-refractivity contribution is 0.582. The fourth-order valence-corrected chi connectivity index (χ4v) is 3.44. The largest absolute Gasteiger partial charge is 0.367 e. The molecular weight excluding hydrogens is 308 g/mol. The summed E-state index contributed by atoms with van der Waals surface area (Å²) in [5.74, 6) is 0.111. The van der Waals surface area contributed by atoms with Crippen LogP contribution in [0.2, 0.25) is 0 Å². The summed E-state index contributed by atoms with van der Waals surface area (Å²) < 4.78 is 25.5. The van der Waals surface area contributed by atoms with Gasteiger partial charge in [-0.05, 0) is 36.1 Å². The molecule has 2 aromatic carbocycles. The first-order valence-corrected chi connectivity index (χ1v) is 9.60. The van der Waals surface area contributed by atoms with Gasteiger partial charge >= 0.3 is 0 Å². The smallest absolute Gasteiger partial charge is 0.211 e. The van der Waals surface area contributed by atoms with E-state index in [9.17, 15) is 8.42 Å². The number of nitrogens with one attached hydrogen (secondary N) is 1. The van der Waals surface area contributed by atoms with Crippen molar-refractivity contribution in [2.45, 2.75) is 26.4 Å². The van der Waals surface area contributed by atoms with Gasteiger partial charge in [-0.3, -0.25) is 0 Å². The average molecular weight is 330 g/mol. The zero-order chi connectivity index (χ0) is 16.3. The molecule has 4 nitrogen and oxygen atoms in total. The van der Waals surface area contributed by atoms with Gasteiger partial charge in [-0.2, -0.15) is 0 Å². The van der Waals surface area contributed by atoms with Gasteiger partial charge in [0.05, 0.1) is 5.75 Å². The highest BCUT2D eigenvalue weighted by atomic mass is 32.2. The molecule has 1 N–H and O–H groups in total. The standard InChI is InChI=1S/C18H22N2O2S/c1-2-23(21,22)19-13-15-7-9-16(10-8-15)14-20-12-11-17-5-3-4-6-18(17)20/h3-10,19H,2,11-14H2,1H3. The Morgan fingerprint density at radius 3 is 2.48 bits per heavy atom. The summed E-state index contributed by atoms with van der Waals surface area (Å²) in [5, 5.41) is 0. The second-order valence-electron chi connectivity index (χ2n) is 5.84. The van der Waals surface area contributed by atoms with Crippen molar-refractivity contribution in [3.05, 3.63) is 65.2 Å². The Morgan fingerprint density at radius 2 is 1.74 bits per heavy atom. The first-order chi connectivity index (χ1) is 11.1. The number of hydrogen-bond donors (Lipinski definition) is 1. The minimum absolute atomic E-state index is 0.111. The molecule has 0 atom stereocenters. The van der Waals surface area contributed by atoms with Crippen molar-refractivity contribution in [1.29, 1.82) is 0 Å². The Labute approximate surface area is 138 Å². The Morgan fingerprint density at radius 1 is 1.04 bits per heavy atom. The molecule has 0 fully saturated rings. The zero-order valence-corrected chi connectivity index (χ0v) is 14.1. The third-order valence-electron chi connectivity index (χ3n) is 4.26. The van der Waals surface area contributed by atoms with Crippen LogP contribution in [0.5, 0.6) is 0 Å². The molecule has 1 heterocycles. The van der Waals surface area contributed by atoms with Crippen molar-refractivity contribution in [1.82, 2.24) is 4.72 Å². The zero-order valence-electron chi connectivity index (χ0n) is 13.3. The van der Waals surface area contributed by atoms with Gasteiger partial charge in [0.1, 0.15) is 0 Å². The summed E-state index contributed by atoms with van der Waals surface area (Å²) in [7, 11) is -3.14. The lowest BCUT2D eigenvalue weighted by atomic mass is 10.1. The van der Waals surface area contributed by atoms with Crippen molar-refractivity contribution in [3.63, 3.8) is 0 Å². The molecule has 0 aliphatic carbocycles. The number of sulfonamides is 1. The van der Waals surface area contributed by atoms with E-state index < -0.39 is 10.0 Å². The van der Waals surface area contributed by atoms with E-state index >= 15 is 0 Å². The maximum atomic E-state index is 11.5. The summed E-state index contributed by atoms with van der Waals surface area (Å²) >= 11 is 0. The van der Waals surface area contributed by atoms with Crippen molar-refractivity contribution >= 4 is 15.7 Å². The summed E-state index contributed by atoms with van der Waals surface area (Å²) in [5.41, 5.74) is 4.96. The highest BCUT2D eigenvalue weighted by Gasteiger charge is 2.18. The van der Waals surface area contributed by atoms with Gasteiger partial charge in [0, 0.05) is 25.3 Å². The molecule has 0 amide bonds. The van der Waals surface area contributed by atoms with Crippen LogP contribution in [-0.4, -0.2) is 20.7 Å². The second kappa shape index (κ2) is 6.72. The maximum absolute atomic E-state index is 11.5. The van der Waals surface area contributed by atoms with Gasteiger partial charge in [0.2, 0.25) is 10.0 Å². The van der Waals surface area contributed by atoms with E-state index in [1.807, 2.05) is 12.1 Å². The van der Waals surface area contributed by atoms with Crippen LogP contribution in [0.25, 0.3) is 0 Å². The molecule has 1 aliphatic rings. The number of nitrogens with zero attached hydrogens (tertiary/aromatic N) is 1. The maximum Gasteiger partial charge on any atom is 0.211 e. The van der Waals surface area contributed by atoms with E-state index in [0.29, 0.717) is 6.54 Å². The lowest BCUT2D eigenvalue weighted by Gasteiger charge is -2.19. The minimum Gasteiger partial charge on any atom is -0.367 e. The monoisotopic (exact) mass is 330 g/mol. The predicted octanol–water partition coefficient (Wildman–Crippen LogP) is 2.69. The third kappa shape index (κ3) is 3.92. The van der Waals surface area contributed by atoms with Crippen LogP contribution in [0.15, 0.2) is 48.5 Å². The molecule has 3 rings (SSSR count). The molecule has 0 spiro atoms. The lowest BCUT2D eigenvalue weighted by Crippen LogP contribution is -2.24. The quantitative estimate of drug-likeness (QED) is 0.886. The topological polar surface area (TPSA) is 49.4 Å². The fraction of sp³-hybridized carbons (Fsp3) is 0.333. The van der Waals surface area contributed by atoms with Crippen LogP contribution in [0, 0.1) is 0 Å². The molecule has 2 aromatic rings. The first kappa shape index (κ1) is 16.0. The molecular formula is C18H22N2O2S. The number of anilines is 1. The van der Waals surface area contributed by atoms with Gasteiger partial charge in [0.15, 0.2) is 0 Å². The SMILES string of the molecule is CCS(=O)(=O)NCc1ccc(CN2CCc3ccccc32)cc1. The predicted molar refractivity (Wildman–Crippen MR) is 93.9 cm³/mol. The molecule has 23 heavy (non-hydrogen) atoms. The van der Waals surface area contributed by atoms with E-state index in [-0.39, 0.29) is 5.75 Å². The van der Waals surface area contributed by atoms with E-state index in [4.69, 9.17) is 0 Å². The normalized spacial score (nSPS) is 14.0. The van der Waals surface area contributed by atoms with E-state index in [1.54, 1.807) is 6.92 Å². The molecule has 0 saturated heterocycles. The van der Waals surface area contributed by atoms with Crippen LogP contribution in [0.3, 0.4) is 0 Å². The van der Waals surface area contributed by atoms with Crippen molar-refractivity contribution in [2.75, 3.05) is 17.2 Å². The third-order valence-corrected chi connectivity index (χ3v) is 5.60. The van der Waals surface area contributed by atoms with Crippen LogP contribution >= 0.6 is 0 Å². The molecule has 0 radical (unpaired) electrons. The summed E-state index contributed by atoms with van der Waals surface area (Å²) in [6.07, 6.45) is 1.10. The van der Waals surface area contributed by atoms with E-state index in [1.165, 1.54) is 16.8 Å². The molecule has 0 aromatic heterocycles. The fourth-order valence-electron chi connectivity index (χ4n) is 2.85. The highest BCUT2D eigenvalue weighted by Crippen LogP contribution is 2.28. The molecule has 0 bridgehead atoms. The first-order valence-electron chi connectivity index (χ1n) is 7.95. The second-order valence-corrected chi connectivity index (χ2v) is 7.94. The number of para-hydroxylation sites is 1. The molecule has 0 unspecified atom stereocenters. The molecule has 5 heteroatoms. The number of benzene rings is 2. The van der Waals surface area contributed by atoms with Crippen molar-refractivity contribution < 1.29 is 8.42 Å². The van der Waals surface area contributed by atoms with Crippen molar-refractivity contribution in [2.24, 2.45) is 0 Å². The Balaban J connectivity index is 1.62. The minimum atomic E-state index is -3.14. The number of fused-ring (bicyclic) bond motifs is 1. The summed E-state index contributed by atoms with van der Waals surface area (Å²) in [4.78, 5) is 2.39. The van der Waals surface area contributed by atoms with Gasteiger partial charge in [-0.25, -0.2) is 13.1 Å². The van der Waals surface area contributed by atoms with Gasteiger partial charge in [-0.15, -0.1) is 0 Å². The Hall–Kier alpha value is -1.85. The van der Waals surface area contributed by atoms with E-state index in [0.717, 1.165) is 25.1 Å². The number of hydrogen-bond acceptors (Lipinski definition) is 3. The summed E-state index contributed by atoms with van der Waals surface area (Å²) in [6, 6.07) is 16.7. The molecule has 122 valence electrons. The van der Waals surface area contributed by atoms with Crippen molar-refractivity contribution in [3.8, 4) is 0 Å². The average Bonchev–Trinajstić information content (AvgIpc) is 2.98. The van der Waals surface area contributed by atoms with E-state index in [2.05, 4.69) is 46.0 Å². The van der Waals surface area contributed by atoms with Crippen LogP contribution in [-0.2, 0) is 29.5 Å². The molecule has 0 saturated carbocycles. The summed E-state index contributed by atoms with van der Waals surface area (Å²) in [6.45, 7) is 3.93.